The normalized spacial score (nSPS) is 12.4. The molecule has 0 aliphatic rings. The van der Waals surface area contributed by atoms with E-state index in [2.05, 4.69) is 20.9 Å². The molecule has 4 nitrogen and oxygen atoms in total. The van der Waals surface area contributed by atoms with Crippen molar-refractivity contribution in [2.75, 3.05) is 6.61 Å². The molecule has 0 saturated carbocycles. The van der Waals surface area contributed by atoms with Crippen molar-refractivity contribution in [1.82, 2.24) is 4.98 Å². The number of aromatic nitrogens is 1. The van der Waals surface area contributed by atoms with Crippen LogP contribution in [0.3, 0.4) is 0 Å². The average molecular weight is 297 g/mol. The molecule has 17 heavy (non-hydrogen) atoms. The summed E-state index contributed by atoms with van der Waals surface area (Å²) in [5.41, 5.74) is 7.92. The lowest BCUT2D eigenvalue weighted by molar-refractivity contribution is 0.338. The number of nitrogens with zero attached hydrogens (tertiary/aromatic N) is 1. The van der Waals surface area contributed by atoms with E-state index in [0.717, 1.165) is 16.9 Å². The fourth-order valence-corrected chi connectivity index (χ4v) is 2.04. The van der Waals surface area contributed by atoms with Crippen LogP contribution in [0.4, 0.5) is 0 Å². The number of pyridine rings is 1. The van der Waals surface area contributed by atoms with Gasteiger partial charge in [-0.15, -0.1) is 0 Å². The first-order chi connectivity index (χ1) is 8.22. The Kier molecular flexibility index (Phi) is 3.81. The van der Waals surface area contributed by atoms with Crippen molar-refractivity contribution in [2.24, 2.45) is 5.73 Å². The largest absolute Gasteiger partial charge is 0.492 e. The molecule has 2 heterocycles. The molecule has 1 unspecified atom stereocenters. The van der Waals surface area contributed by atoms with Gasteiger partial charge in [0, 0.05) is 11.8 Å². The maximum absolute atomic E-state index is 6.14. The smallest absolute Gasteiger partial charge is 0.174 e. The van der Waals surface area contributed by atoms with Crippen molar-refractivity contribution < 1.29 is 9.15 Å². The summed E-state index contributed by atoms with van der Waals surface area (Å²) in [5, 5.41) is 0. The highest BCUT2D eigenvalue weighted by atomic mass is 79.9. The molecule has 2 aromatic rings. The van der Waals surface area contributed by atoms with Crippen LogP contribution >= 0.6 is 15.9 Å². The monoisotopic (exact) mass is 296 g/mol. The summed E-state index contributed by atoms with van der Waals surface area (Å²) < 4.78 is 11.2. The quantitative estimate of drug-likeness (QED) is 0.942. The van der Waals surface area contributed by atoms with Crippen LogP contribution in [0.15, 0.2) is 39.9 Å². The van der Waals surface area contributed by atoms with Gasteiger partial charge in [0.25, 0.3) is 0 Å². The van der Waals surface area contributed by atoms with Crippen LogP contribution in [-0.2, 0) is 0 Å². The maximum Gasteiger partial charge on any atom is 0.174 e. The first-order valence-corrected chi connectivity index (χ1v) is 6.08. The van der Waals surface area contributed by atoms with E-state index in [0.29, 0.717) is 11.3 Å². The molecule has 0 saturated heterocycles. The second kappa shape index (κ2) is 5.33. The lowest BCUT2D eigenvalue weighted by atomic mass is 10.0. The van der Waals surface area contributed by atoms with Gasteiger partial charge in [-0.1, -0.05) is 0 Å². The topological polar surface area (TPSA) is 61.3 Å². The minimum absolute atomic E-state index is 0.281. The Morgan fingerprint density at radius 1 is 1.53 bits per heavy atom. The Bertz CT molecular complexity index is 499. The van der Waals surface area contributed by atoms with E-state index >= 15 is 0 Å². The standard InChI is InChI=1S/C12H13BrN2O2/c1-2-16-9-5-8(6-15-7-9)11(14)10-3-4-17-12(10)13/h3-7,11H,2,14H2,1H3. The van der Waals surface area contributed by atoms with Gasteiger partial charge >= 0.3 is 0 Å². The molecule has 0 amide bonds. The number of hydrogen-bond acceptors (Lipinski definition) is 4. The molecule has 90 valence electrons. The molecule has 0 aliphatic heterocycles. The molecule has 2 N–H and O–H groups in total. The minimum Gasteiger partial charge on any atom is -0.492 e. The van der Waals surface area contributed by atoms with Crippen LogP contribution in [-0.4, -0.2) is 11.6 Å². The molecule has 0 aromatic carbocycles. The van der Waals surface area contributed by atoms with Gasteiger partial charge in [0.15, 0.2) is 4.67 Å². The van der Waals surface area contributed by atoms with Crippen molar-refractivity contribution >= 4 is 15.9 Å². The number of rotatable bonds is 4. The van der Waals surface area contributed by atoms with E-state index in [1.807, 2.05) is 19.1 Å². The number of furan rings is 1. The van der Waals surface area contributed by atoms with Gasteiger partial charge in [-0.3, -0.25) is 4.98 Å². The average Bonchev–Trinajstić information content (AvgIpc) is 2.75. The summed E-state index contributed by atoms with van der Waals surface area (Å²) in [6, 6.07) is 3.44. The van der Waals surface area contributed by atoms with Crippen LogP contribution in [0.1, 0.15) is 24.1 Å². The Balaban J connectivity index is 2.28. The summed E-state index contributed by atoms with van der Waals surface area (Å²) in [4.78, 5) is 4.11. The zero-order chi connectivity index (χ0) is 12.3. The van der Waals surface area contributed by atoms with Crippen LogP contribution in [0, 0.1) is 0 Å². The van der Waals surface area contributed by atoms with Crippen LogP contribution in [0.2, 0.25) is 0 Å². The zero-order valence-electron chi connectivity index (χ0n) is 9.39. The van der Waals surface area contributed by atoms with Crippen LogP contribution in [0.25, 0.3) is 0 Å². The molecular formula is C12H13BrN2O2. The third kappa shape index (κ3) is 2.68. The van der Waals surface area contributed by atoms with E-state index in [4.69, 9.17) is 14.9 Å². The number of ether oxygens (including phenoxy) is 1. The van der Waals surface area contributed by atoms with Crippen molar-refractivity contribution in [3.8, 4) is 5.75 Å². The fourth-order valence-electron chi connectivity index (χ4n) is 1.56. The van der Waals surface area contributed by atoms with E-state index in [1.165, 1.54) is 0 Å². The van der Waals surface area contributed by atoms with Gasteiger partial charge < -0.3 is 14.9 Å². The van der Waals surface area contributed by atoms with Gasteiger partial charge in [0.1, 0.15) is 5.75 Å². The molecule has 0 fully saturated rings. The highest BCUT2D eigenvalue weighted by Gasteiger charge is 2.15. The first kappa shape index (κ1) is 12.1. The molecule has 2 rings (SSSR count). The van der Waals surface area contributed by atoms with E-state index in [1.54, 1.807) is 18.7 Å². The van der Waals surface area contributed by atoms with Gasteiger partial charge in [-0.05, 0) is 40.5 Å². The Morgan fingerprint density at radius 2 is 2.35 bits per heavy atom. The molecule has 2 aromatic heterocycles. The molecule has 0 radical (unpaired) electrons. The lowest BCUT2D eigenvalue weighted by Crippen LogP contribution is -2.12. The number of halogens is 1. The van der Waals surface area contributed by atoms with Crippen LogP contribution < -0.4 is 10.5 Å². The van der Waals surface area contributed by atoms with Gasteiger partial charge in [-0.2, -0.15) is 0 Å². The van der Waals surface area contributed by atoms with E-state index < -0.39 is 0 Å². The third-order valence-electron chi connectivity index (χ3n) is 2.39. The zero-order valence-corrected chi connectivity index (χ0v) is 11.0. The Labute approximate surface area is 108 Å². The van der Waals surface area contributed by atoms with E-state index in [-0.39, 0.29) is 6.04 Å². The molecule has 0 spiro atoms. The second-order valence-electron chi connectivity index (χ2n) is 3.51. The van der Waals surface area contributed by atoms with Crippen molar-refractivity contribution in [1.29, 1.82) is 0 Å². The third-order valence-corrected chi connectivity index (χ3v) is 3.03. The Morgan fingerprint density at radius 3 is 3.00 bits per heavy atom. The highest BCUT2D eigenvalue weighted by molar-refractivity contribution is 9.10. The predicted molar refractivity (Wildman–Crippen MR) is 67.8 cm³/mol. The summed E-state index contributed by atoms with van der Waals surface area (Å²) in [5.74, 6) is 0.722. The van der Waals surface area contributed by atoms with Gasteiger partial charge in [-0.25, -0.2) is 0 Å². The fraction of sp³-hybridized carbons (Fsp3) is 0.250. The molecular weight excluding hydrogens is 284 g/mol. The summed E-state index contributed by atoms with van der Waals surface area (Å²) in [7, 11) is 0. The minimum atomic E-state index is -0.281. The molecule has 1 atom stereocenters. The number of hydrogen-bond donors (Lipinski definition) is 1. The summed E-state index contributed by atoms with van der Waals surface area (Å²) in [6.07, 6.45) is 5.00. The molecule has 0 aliphatic carbocycles. The predicted octanol–water partition coefficient (Wildman–Crippen LogP) is 2.88. The van der Waals surface area contributed by atoms with Crippen molar-refractivity contribution in [3.63, 3.8) is 0 Å². The van der Waals surface area contributed by atoms with Gasteiger partial charge in [0.2, 0.25) is 0 Å². The second-order valence-corrected chi connectivity index (χ2v) is 4.23. The van der Waals surface area contributed by atoms with Crippen molar-refractivity contribution in [3.05, 3.63) is 46.6 Å². The van der Waals surface area contributed by atoms with E-state index in [9.17, 15) is 0 Å². The van der Waals surface area contributed by atoms with Crippen molar-refractivity contribution in [2.45, 2.75) is 13.0 Å². The highest BCUT2D eigenvalue weighted by Crippen LogP contribution is 2.28. The molecule has 0 bridgehead atoms. The summed E-state index contributed by atoms with van der Waals surface area (Å²) >= 11 is 3.32. The summed E-state index contributed by atoms with van der Waals surface area (Å²) in [6.45, 7) is 2.54. The first-order valence-electron chi connectivity index (χ1n) is 5.28. The SMILES string of the molecule is CCOc1cncc(C(N)c2ccoc2Br)c1. The van der Waals surface area contributed by atoms with Gasteiger partial charge in [0.05, 0.1) is 25.1 Å². The Hall–Kier alpha value is -1.33. The van der Waals surface area contributed by atoms with Crippen LogP contribution in [0.5, 0.6) is 5.75 Å². The number of nitrogens with two attached hydrogens (primary N) is 1. The lowest BCUT2D eigenvalue weighted by Gasteiger charge is -2.11. The maximum atomic E-state index is 6.14. The molecule has 5 heteroatoms.